The maximum Gasteiger partial charge on any atom is 0.159 e. The van der Waals surface area contributed by atoms with E-state index < -0.39 is 0 Å². The summed E-state index contributed by atoms with van der Waals surface area (Å²) >= 11 is 0. The van der Waals surface area contributed by atoms with Gasteiger partial charge in [0.25, 0.3) is 0 Å². The van der Waals surface area contributed by atoms with Crippen LogP contribution in [-0.2, 0) is 0 Å². The Kier molecular flexibility index (Phi) is 1.81. The second-order valence-corrected chi connectivity index (χ2v) is 2.07. The fraction of sp³-hybridized carbons (Fsp3) is 0.125. The number of carbonyl (C=O) groups is 1. The predicted molar refractivity (Wildman–Crippen MR) is 36.4 cm³/mol. The van der Waals surface area contributed by atoms with Crippen LogP contribution in [0.4, 0.5) is 4.39 Å². The molecule has 0 atom stereocenters. The Hall–Kier alpha value is -1.18. The highest BCUT2D eigenvalue weighted by Gasteiger charge is 1.97. The van der Waals surface area contributed by atoms with E-state index in [9.17, 15) is 9.18 Å². The fourth-order valence-corrected chi connectivity index (χ4v) is 0.707. The van der Waals surface area contributed by atoms with Crippen molar-refractivity contribution in [3.63, 3.8) is 0 Å². The number of halogens is 1. The molecule has 0 saturated carbocycles. The molecule has 1 aromatic rings. The second kappa shape index (κ2) is 2.60. The third kappa shape index (κ3) is 1.41. The largest absolute Gasteiger partial charge is 0.295 e. The Bertz CT molecular complexity index is 255. The number of hydrogen-bond acceptors (Lipinski definition) is 1. The molecule has 0 bridgehead atoms. The minimum Gasteiger partial charge on any atom is -0.295 e. The van der Waals surface area contributed by atoms with Crippen LogP contribution in [-0.4, -0.2) is 5.78 Å². The maximum atomic E-state index is 12.4. The standard InChI is InChI=1S/C8H7FO/c1-6(10)7-3-2-4-8(9)5-7/h2-5H,1H3/i9-1. The highest BCUT2D eigenvalue weighted by Crippen LogP contribution is 2.03. The second-order valence-electron chi connectivity index (χ2n) is 2.07. The van der Waals surface area contributed by atoms with E-state index >= 15 is 0 Å². The van der Waals surface area contributed by atoms with E-state index in [1.165, 1.54) is 25.1 Å². The van der Waals surface area contributed by atoms with E-state index in [0.717, 1.165) is 0 Å². The van der Waals surface area contributed by atoms with Crippen molar-refractivity contribution in [1.29, 1.82) is 0 Å². The lowest BCUT2D eigenvalue weighted by atomic mass is 10.1. The summed E-state index contributed by atoms with van der Waals surface area (Å²) in [5.41, 5.74) is 0.417. The SMILES string of the molecule is CC(=O)c1cccc([18F])c1. The van der Waals surface area contributed by atoms with Gasteiger partial charge in [0, 0.05) is 5.56 Å². The first-order valence-corrected chi connectivity index (χ1v) is 2.96. The van der Waals surface area contributed by atoms with Crippen LogP contribution in [0.25, 0.3) is 0 Å². The summed E-state index contributed by atoms with van der Waals surface area (Å²) in [6.45, 7) is 1.41. The average molecular weight is 137 g/mol. The van der Waals surface area contributed by atoms with Crippen molar-refractivity contribution < 1.29 is 9.18 Å². The van der Waals surface area contributed by atoms with Gasteiger partial charge < -0.3 is 0 Å². The molecular formula is C8H7FO. The third-order valence-corrected chi connectivity index (χ3v) is 1.23. The van der Waals surface area contributed by atoms with Crippen LogP contribution in [0.15, 0.2) is 24.3 Å². The van der Waals surface area contributed by atoms with Crippen molar-refractivity contribution in [2.45, 2.75) is 6.92 Å². The quantitative estimate of drug-likeness (QED) is 0.541. The van der Waals surface area contributed by atoms with Crippen molar-refractivity contribution in [3.8, 4) is 0 Å². The van der Waals surface area contributed by atoms with Crippen LogP contribution in [0.1, 0.15) is 17.3 Å². The molecule has 10 heavy (non-hydrogen) atoms. The summed E-state index contributed by atoms with van der Waals surface area (Å²) in [5, 5.41) is 0. The van der Waals surface area contributed by atoms with Gasteiger partial charge in [0.05, 0.1) is 0 Å². The lowest BCUT2D eigenvalue weighted by molar-refractivity contribution is 0.101. The number of benzene rings is 1. The summed E-state index contributed by atoms with van der Waals surface area (Å²) in [4.78, 5) is 10.6. The number of carbonyl (C=O) groups excluding carboxylic acids is 1. The van der Waals surface area contributed by atoms with Gasteiger partial charge in [-0.3, -0.25) is 4.79 Å². The summed E-state index contributed by atoms with van der Waals surface area (Å²) in [6.07, 6.45) is 0. The van der Waals surface area contributed by atoms with Gasteiger partial charge in [0.15, 0.2) is 5.78 Å². The minimum atomic E-state index is -0.368. The molecule has 0 amide bonds. The van der Waals surface area contributed by atoms with Crippen molar-refractivity contribution in [1.82, 2.24) is 0 Å². The molecule has 0 radical (unpaired) electrons. The summed E-state index contributed by atoms with van der Waals surface area (Å²) in [6, 6.07) is 5.65. The van der Waals surface area contributed by atoms with Crippen molar-refractivity contribution >= 4 is 5.78 Å². The molecule has 1 aromatic carbocycles. The van der Waals surface area contributed by atoms with Gasteiger partial charge in [0.2, 0.25) is 0 Å². The summed E-state index contributed by atoms with van der Waals surface area (Å²) < 4.78 is 12.4. The average Bonchev–Trinajstić information content (AvgIpc) is 1.88. The van der Waals surface area contributed by atoms with Gasteiger partial charge in [-0.15, -0.1) is 0 Å². The molecule has 0 unspecified atom stereocenters. The van der Waals surface area contributed by atoms with E-state index in [4.69, 9.17) is 0 Å². The van der Waals surface area contributed by atoms with Gasteiger partial charge >= 0.3 is 0 Å². The monoisotopic (exact) mass is 137 g/mol. The van der Waals surface area contributed by atoms with E-state index in [1.807, 2.05) is 0 Å². The van der Waals surface area contributed by atoms with E-state index in [1.54, 1.807) is 6.07 Å². The van der Waals surface area contributed by atoms with Gasteiger partial charge in [-0.25, -0.2) is 4.39 Å². The molecule has 0 aromatic heterocycles. The fourth-order valence-electron chi connectivity index (χ4n) is 0.707. The third-order valence-electron chi connectivity index (χ3n) is 1.23. The molecule has 0 heterocycles. The maximum absolute atomic E-state index is 12.4. The molecule has 0 aliphatic heterocycles. The Morgan fingerprint density at radius 3 is 2.60 bits per heavy atom. The molecule has 1 nitrogen and oxygen atoms in total. The van der Waals surface area contributed by atoms with Crippen LogP contribution in [0, 0.1) is 5.82 Å². The van der Waals surface area contributed by atoms with Gasteiger partial charge in [0.1, 0.15) is 5.82 Å². The number of ketones is 1. The van der Waals surface area contributed by atoms with E-state index in [-0.39, 0.29) is 11.6 Å². The number of Topliss-reactive ketones (excluding diaryl/α,β-unsaturated/α-hetero) is 1. The highest BCUT2D eigenvalue weighted by atomic mass is 18.2. The Balaban J connectivity index is 3.07. The molecular weight excluding hydrogens is 130 g/mol. The first-order chi connectivity index (χ1) is 4.70. The van der Waals surface area contributed by atoms with Gasteiger partial charge in [-0.2, -0.15) is 0 Å². The van der Waals surface area contributed by atoms with Gasteiger partial charge in [-0.05, 0) is 19.1 Å². The Labute approximate surface area is 58.5 Å². The molecule has 1 rings (SSSR count). The molecule has 0 spiro atoms. The smallest absolute Gasteiger partial charge is 0.159 e. The topological polar surface area (TPSA) is 17.1 Å². The molecule has 0 N–H and O–H groups in total. The van der Waals surface area contributed by atoms with Crippen LogP contribution in [0.3, 0.4) is 0 Å². The van der Waals surface area contributed by atoms with E-state index in [2.05, 4.69) is 0 Å². The molecule has 0 aliphatic carbocycles. The Morgan fingerprint density at radius 1 is 1.50 bits per heavy atom. The van der Waals surface area contributed by atoms with Crippen molar-refractivity contribution in [2.75, 3.05) is 0 Å². The summed E-state index contributed by atoms with van der Waals surface area (Å²) in [7, 11) is 0. The van der Waals surface area contributed by atoms with Crippen molar-refractivity contribution in [3.05, 3.63) is 35.6 Å². The summed E-state index contributed by atoms with van der Waals surface area (Å²) in [5.74, 6) is -0.479. The lowest BCUT2D eigenvalue weighted by Crippen LogP contribution is -1.91. The lowest BCUT2D eigenvalue weighted by Gasteiger charge is -1.92. The van der Waals surface area contributed by atoms with E-state index in [0.29, 0.717) is 5.56 Å². The first kappa shape index (κ1) is 6.93. The zero-order chi connectivity index (χ0) is 7.56. The van der Waals surface area contributed by atoms with Crippen LogP contribution in [0.5, 0.6) is 0 Å². The molecule has 0 fully saturated rings. The van der Waals surface area contributed by atoms with Crippen molar-refractivity contribution in [2.24, 2.45) is 0 Å². The zero-order valence-electron chi connectivity index (χ0n) is 5.60. The molecule has 2 heteroatoms. The van der Waals surface area contributed by atoms with Crippen LogP contribution >= 0.6 is 0 Å². The number of hydrogen-bond donors (Lipinski definition) is 0. The predicted octanol–water partition coefficient (Wildman–Crippen LogP) is 2.03. The van der Waals surface area contributed by atoms with Crippen LogP contribution < -0.4 is 0 Å². The molecule has 0 saturated heterocycles. The molecule has 0 aliphatic rings. The molecule has 52 valence electrons. The first-order valence-electron chi connectivity index (χ1n) is 2.96. The highest BCUT2D eigenvalue weighted by molar-refractivity contribution is 5.93. The number of rotatable bonds is 1. The van der Waals surface area contributed by atoms with Crippen LogP contribution in [0.2, 0.25) is 0 Å². The zero-order valence-corrected chi connectivity index (χ0v) is 5.60. The van der Waals surface area contributed by atoms with Gasteiger partial charge in [-0.1, -0.05) is 12.1 Å². The minimum absolute atomic E-state index is 0.112. The normalized spacial score (nSPS) is 9.40. The Morgan fingerprint density at radius 2 is 2.20 bits per heavy atom.